The lowest BCUT2D eigenvalue weighted by molar-refractivity contribution is 0.271. The standard InChI is InChI=1S/C14H20N2/c1-9-6-7-13-11(8-9)14(15)10-4-2-3-5-12(10)16-13/h6-8,10,12,14,16H,2-5,15H2,1H3. The molecule has 1 aliphatic heterocycles. The van der Waals surface area contributed by atoms with Gasteiger partial charge < -0.3 is 11.1 Å². The van der Waals surface area contributed by atoms with Crippen LogP contribution in [0.15, 0.2) is 18.2 Å². The lowest BCUT2D eigenvalue weighted by atomic mass is 9.74. The Morgan fingerprint density at radius 1 is 1.25 bits per heavy atom. The summed E-state index contributed by atoms with van der Waals surface area (Å²) in [7, 11) is 0. The van der Waals surface area contributed by atoms with Gasteiger partial charge in [-0.2, -0.15) is 0 Å². The largest absolute Gasteiger partial charge is 0.382 e. The highest BCUT2D eigenvalue weighted by Crippen LogP contribution is 2.41. The summed E-state index contributed by atoms with van der Waals surface area (Å²) in [5.41, 5.74) is 10.3. The van der Waals surface area contributed by atoms with Crippen LogP contribution in [0, 0.1) is 12.8 Å². The molecule has 0 amide bonds. The van der Waals surface area contributed by atoms with Crippen LogP contribution >= 0.6 is 0 Å². The van der Waals surface area contributed by atoms with Crippen LogP contribution in [0.3, 0.4) is 0 Å². The first-order chi connectivity index (χ1) is 7.75. The van der Waals surface area contributed by atoms with E-state index in [1.54, 1.807) is 0 Å². The SMILES string of the molecule is Cc1ccc2c(c1)C(N)C1CCCCC1N2. The summed E-state index contributed by atoms with van der Waals surface area (Å²) in [6, 6.07) is 7.45. The number of nitrogens with one attached hydrogen (secondary N) is 1. The predicted molar refractivity (Wildman–Crippen MR) is 67.5 cm³/mol. The van der Waals surface area contributed by atoms with Crippen molar-refractivity contribution in [2.45, 2.75) is 44.7 Å². The number of hydrogen-bond acceptors (Lipinski definition) is 2. The van der Waals surface area contributed by atoms with Crippen molar-refractivity contribution < 1.29 is 0 Å². The van der Waals surface area contributed by atoms with Gasteiger partial charge in [0.15, 0.2) is 0 Å². The van der Waals surface area contributed by atoms with Gasteiger partial charge in [-0.15, -0.1) is 0 Å². The second kappa shape index (κ2) is 3.77. The van der Waals surface area contributed by atoms with Gasteiger partial charge in [-0.3, -0.25) is 0 Å². The van der Waals surface area contributed by atoms with Crippen molar-refractivity contribution >= 4 is 5.69 Å². The second-order valence-electron chi connectivity index (χ2n) is 5.32. The molecular formula is C14H20N2. The molecule has 0 radical (unpaired) electrons. The zero-order valence-corrected chi connectivity index (χ0v) is 9.87. The maximum atomic E-state index is 6.43. The Labute approximate surface area is 97.2 Å². The minimum absolute atomic E-state index is 0.237. The number of anilines is 1. The molecule has 2 aliphatic rings. The molecule has 1 fully saturated rings. The Morgan fingerprint density at radius 2 is 2.06 bits per heavy atom. The van der Waals surface area contributed by atoms with Gasteiger partial charge in [0, 0.05) is 17.8 Å². The van der Waals surface area contributed by atoms with E-state index in [-0.39, 0.29) is 6.04 Å². The summed E-state index contributed by atoms with van der Waals surface area (Å²) in [6.07, 6.45) is 5.26. The topological polar surface area (TPSA) is 38.0 Å². The molecule has 1 saturated carbocycles. The van der Waals surface area contributed by atoms with Crippen molar-refractivity contribution in [2.75, 3.05) is 5.32 Å². The van der Waals surface area contributed by atoms with E-state index >= 15 is 0 Å². The summed E-state index contributed by atoms with van der Waals surface area (Å²) < 4.78 is 0. The Morgan fingerprint density at radius 3 is 2.94 bits per heavy atom. The number of rotatable bonds is 0. The van der Waals surface area contributed by atoms with Crippen LogP contribution in [0.1, 0.15) is 42.9 Å². The van der Waals surface area contributed by atoms with Gasteiger partial charge >= 0.3 is 0 Å². The molecule has 86 valence electrons. The van der Waals surface area contributed by atoms with Crippen LogP contribution < -0.4 is 11.1 Å². The van der Waals surface area contributed by atoms with E-state index in [1.165, 1.54) is 42.5 Å². The fourth-order valence-corrected chi connectivity index (χ4v) is 3.29. The van der Waals surface area contributed by atoms with E-state index in [0.717, 1.165) is 0 Å². The van der Waals surface area contributed by atoms with Crippen LogP contribution in [-0.2, 0) is 0 Å². The monoisotopic (exact) mass is 216 g/mol. The average Bonchev–Trinajstić information content (AvgIpc) is 2.31. The van der Waals surface area contributed by atoms with Crippen molar-refractivity contribution in [3.8, 4) is 0 Å². The Balaban J connectivity index is 2.00. The van der Waals surface area contributed by atoms with E-state index in [4.69, 9.17) is 5.73 Å². The minimum Gasteiger partial charge on any atom is -0.382 e. The molecule has 2 nitrogen and oxygen atoms in total. The van der Waals surface area contributed by atoms with Gasteiger partial charge in [-0.1, -0.05) is 30.5 Å². The maximum absolute atomic E-state index is 6.43. The molecule has 2 heteroatoms. The van der Waals surface area contributed by atoms with Crippen molar-refractivity contribution in [3.63, 3.8) is 0 Å². The molecule has 0 spiro atoms. The van der Waals surface area contributed by atoms with Gasteiger partial charge in [-0.05, 0) is 37.3 Å². The molecule has 3 N–H and O–H groups in total. The van der Waals surface area contributed by atoms with Crippen molar-refractivity contribution in [3.05, 3.63) is 29.3 Å². The number of hydrogen-bond donors (Lipinski definition) is 2. The summed E-state index contributed by atoms with van der Waals surface area (Å²) in [4.78, 5) is 0. The summed E-state index contributed by atoms with van der Waals surface area (Å²) in [5.74, 6) is 0.642. The molecule has 3 atom stereocenters. The molecule has 0 aromatic heterocycles. The Hall–Kier alpha value is -1.02. The van der Waals surface area contributed by atoms with Crippen LogP contribution in [-0.4, -0.2) is 6.04 Å². The fourth-order valence-electron chi connectivity index (χ4n) is 3.29. The number of nitrogens with two attached hydrogens (primary N) is 1. The van der Waals surface area contributed by atoms with E-state index in [2.05, 4.69) is 30.4 Å². The zero-order chi connectivity index (χ0) is 11.1. The van der Waals surface area contributed by atoms with Crippen molar-refractivity contribution in [1.82, 2.24) is 0 Å². The van der Waals surface area contributed by atoms with Gasteiger partial charge in [-0.25, -0.2) is 0 Å². The van der Waals surface area contributed by atoms with E-state index < -0.39 is 0 Å². The maximum Gasteiger partial charge on any atom is 0.0391 e. The molecule has 1 aliphatic carbocycles. The highest BCUT2D eigenvalue weighted by atomic mass is 15.0. The molecule has 1 heterocycles. The molecular weight excluding hydrogens is 196 g/mol. The number of fused-ring (bicyclic) bond motifs is 2. The molecule has 16 heavy (non-hydrogen) atoms. The van der Waals surface area contributed by atoms with Crippen LogP contribution in [0.25, 0.3) is 0 Å². The van der Waals surface area contributed by atoms with Gasteiger partial charge in [0.2, 0.25) is 0 Å². The second-order valence-corrected chi connectivity index (χ2v) is 5.32. The van der Waals surface area contributed by atoms with Crippen molar-refractivity contribution in [2.24, 2.45) is 11.7 Å². The summed E-state index contributed by atoms with van der Waals surface area (Å²) in [5, 5.41) is 3.68. The van der Waals surface area contributed by atoms with Crippen LogP contribution in [0.2, 0.25) is 0 Å². The molecule has 3 unspecified atom stereocenters. The predicted octanol–water partition coefficient (Wildman–Crippen LogP) is 2.98. The van der Waals surface area contributed by atoms with Crippen LogP contribution in [0.4, 0.5) is 5.69 Å². The third kappa shape index (κ3) is 1.52. The lowest BCUT2D eigenvalue weighted by Crippen LogP contribution is -2.43. The van der Waals surface area contributed by atoms with Gasteiger partial charge in [0.05, 0.1) is 0 Å². The molecule has 0 bridgehead atoms. The molecule has 3 rings (SSSR count). The van der Waals surface area contributed by atoms with Gasteiger partial charge in [0.25, 0.3) is 0 Å². The molecule has 1 aromatic carbocycles. The fraction of sp³-hybridized carbons (Fsp3) is 0.571. The van der Waals surface area contributed by atoms with Crippen LogP contribution in [0.5, 0.6) is 0 Å². The average molecular weight is 216 g/mol. The first-order valence-electron chi connectivity index (χ1n) is 6.38. The third-order valence-corrected chi connectivity index (χ3v) is 4.19. The van der Waals surface area contributed by atoms with E-state index in [1.807, 2.05) is 0 Å². The van der Waals surface area contributed by atoms with Gasteiger partial charge in [0.1, 0.15) is 0 Å². The molecule has 0 saturated heterocycles. The quantitative estimate of drug-likeness (QED) is 0.699. The third-order valence-electron chi connectivity index (χ3n) is 4.19. The summed E-state index contributed by atoms with van der Waals surface area (Å²) in [6.45, 7) is 2.14. The number of benzene rings is 1. The highest BCUT2D eigenvalue weighted by molar-refractivity contribution is 5.57. The molecule has 1 aromatic rings. The lowest BCUT2D eigenvalue weighted by Gasteiger charge is -2.42. The van der Waals surface area contributed by atoms with Crippen molar-refractivity contribution in [1.29, 1.82) is 0 Å². The smallest absolute Gasteiger partial charge is 0.0391 e. The van der Waals surface area contributed by atoms with E-state index in [9.17, 15) is 0 Å². The first-order valence-corrected chi connectivity index (χ1v) is 6.38. The first kappa shape index (κ1) is 10.2. The number of aryl methyl sites for hydroxylation is 1. The zero-order valence-electron chi connectivity index (χ0n) is 9.87. The minimum atomic E-state index is 0.237. The highest BCUT2D eigenvalue weighted by Gasteiger charge is 2.35. The Bertz CT molecular complexity index is 400. The Kier molecular flexibility index (Phi) is 2.40. The van der Waals surface area contributed by atoms with E-state index in [0.29, 0.717) is 12.0 Å². The normalized spacial score (nSPS) is 32.5. The summed E-state index contributed by atoms with van der Waals surface area (Å²) >= 11 is 0.